The number of hydrogen-bond donors (Lipinski definition) is 0. The Kier molecular flexibility index (Phi) is 10.0. The molecule has 0 heterocycles. The van der Waals surface area contributed by atoms with Gasteiger partial charge in [-0.05, 0) is 52.9 Å². The molecule has 0 aromatic carbocycles. The van der Waals surface area contributed by atoms with E-state index in [2.05, 4.69) is 0 Å². The smallest absolute Gasteiger partial charge is 0.311 e. The number of ether oxygens (including phenoxy) is 3. The third-order valence-corrected chi connectivity index (χ3v) is 5.70. The Morgan fingerprint density at radius 3 is 1.48 bits per heavy atom. The second-order valence-electron chi connectivity index (χ2n) is 8.22. The fourth-order valence-electron chi connectivity index (χ4n) is 3.59. The van der Waals surface area contributed by atoms with Gasteiger partial charge in [0.2, 0.25) is 0 Å². The first kappa shape index (κ1) is 25.4. The van der Waals surface area contributed by atoms with Gasteiger partial charge in [0.1, 0.15) is 0 Å². The maximum Gasteiger partial charge on any atom is 0.311 e. The van der Waals surface area contributed by atoms with Crippen LogP contribution in [0.5, 0.6) is 0 Å². The SMILES string of the molecule is CCCCOC(=O)C(C)(CC)CC(C)(CC(C)(CC)C(=O)OC)C(=O)OC. The van der Waals surface area contributed by atoms with Crippen molar-refractivity contribution in [3.05, 3.63) is 0 Å². The maximum absolute atomic E-state index is 12.7. The molecule has 0 aromatic rings. The van der Waals surface area contributed by atoms with E-state index in [1.807, 2.05) is 27.7 Å². The largest absolute Gasteiger partial charge is 0.469 e. The van der Waals surface area contributed by atoms with Gasteiger partial charge in [0.05, 0.1) is 37.1 Å². The van der Waals surface area contributed by atoms with Gasteiger partial charge in [-0.2, -0.15) is 0 Å². The minimum absolute atomic E-state index is 0.230. The van der Waals surface area contributed by atoms with Crippen LogP contribution in [-0.4, -0.2) is 38.7 Å². The van der Waals surface area contributed by atoms with Crippen LogP contribution in [0, 0.1) is 16.2 Å². The lowest BCUT2D eigenvalue weighted by molar-refractivity contribution is -0.167. The molecule has 3 unspecified atom stereocenters. The topological polar surface area (TPSA) is 78.9 Å². The summed E-state index contributed by atoms with van der Waals surface area (Å²) >= 11 is 0. The molecule has 0 bridgehead atoms. The molecule has 0 N–H and O–H groups in total. The summed E-state index contributed by atoms with van der Waals surface area (Å²) in [5.41, 5.74) is -2.72. The number of methoxy groups -OCH3 is 2. The van der Waals surface area contributed by atoms with Crippen LogP contribution in [0.4, 0.5) is 0 Å². The second kappa shape index (κ2) is 10.7. The van der Waals surface area contributed by atoms with Crippen molar-refractivity contribution in [1.29, 1.82) is 0 Å². The summed E-state index contributed by atoms with van der Waals surface area (Å²) in [6.07, 6.45) is 3.23. The number of carbonyl (C=O) groups excluding carboxylic acids is 3. The highest BCUT2D eigenvalue weighted by molar-refractivity contribution is 5.82. The molecule has 0 saturated heterocycles. The fraction of sp³-hybridized carbons (Fsp3) is 0.857. The van der Waals surface area contributed by atoms with E-state index in [9.17, 15) is 14.4 Å². The number of rotatable bonds is 12. The summed E-state index contributed by atoms with van der Waals surface area (Å²) in [7, 11) is 2.66. The predicted octanol–water partition coefficient (Wildman–Crippen LogP) is 4.29. The van der Waals surface area contributed by atoms with Crippen LogP contribution in [0.3, 0.4) is 0 Å². The summed E-state index contributed by atoms with van der Waals surface area (Å²) in [6.45, 7) is 11.5. The summed E-state index contributed by atoms with van der Waals surface area (Å²) in [6, 6.07) is 0. The van der Waals surface area contributed by atoms with Gasteiger partial charge in [0.15, 0.2) is 0 Å². The van der Waals surface area contributed by atoms with Gasteiger partial charge >= 0.3 is 17.9 Å². The molecule has 3 atom stereocenters. The van der Waals surface area contributed by atoms with E-state index in [0.717, 1.165) is 12.8 Å². The lowest BCUT2D eigenvalue weighted by atomic mass is 9.64. The monoisotopic (exact) mass is 386 g/mol. The van der Waals surface area contributed by atoms with E-state index < -0.39 is 22.2 Å². The van der Waals surface area contributed by atoms with Crippen LogP contribution in [0.15, 0.2) is 0 Å². The number of carbonyl (C=O) groups is 3. The molecule has 6 heteroatoms. The van der Waals surface area contributed by atoms with Crippen LogP contribution in [0.1, 0.15) is 80.1 Å². The average molecular weight is 387 g/mol. The first-order valence-electron chi connectivity index (χ1n) is 9.82. The Morgan fingerprint density at radius 2 is 1.11 bits per heavy atom. The van der Waals surface area contributed by atoms with E-state index in [0.29, 0.717) is 19.4 Å². The molecule has 6 nitrogen and oxygen atoms in total. The van der Waals surface area contributed by atoms with Crippen molar-refractivity contribution in [3.63, 3.8) is 0 Å². The molecule has 0 rings (SSSR count). The molecule has 158 valence electrons. The van der Waals surface area contributed by atoms with E-state index in [4.69, 9.17) is 14.2 Å². The van der Waals surface area contributed by atoms with Gasteiger partial charge in [-0.15, -0.1) is 0 Å². The van der Waals surface area contributed by atoms with Crippen molar-refractivity contribution in [2.24, 2.45) is 16.2 Å². The Bertz CT molecular complexity index is 517. The van der Waals surface area contributed by atoms with Crippen LogP contribution >= 0.6 is 0 Å². The van der Waals surface area contributed by atoms with Gasteiger partial charge in [-0.1, -0.05) is 27.2 Å². The molecule has 27 heavy (non-hydrogen) atoms. The summed E-state index contributed by atoms with van der Waals surface area (Å²) in [4.78, 5) is 37.7. The van der Waals surface area contributed by atoms with Crippen molar-refractivity contribution in [3.8, 4) is 0 Å². The first-order valence-corrected chi connectivity index (χ1v) is 9.82. The Balaban J connectivity index is 5.75. The van der Waals surface area contributed by atoms with Crippen molar-refractivity contribution >= 4 is 17.9 Å². The summed E-state index contributed by atoms with van der Waals surface area (Å²) in [5.74, 6) is -1.12. The molecule has 0 spiro atoms. The Hall–Kier alpha value is -1.59. The Morgan fingerprint density at radius 1 is 0.704 bits per heavy atom. The standard InChI is InChI=1S/C21H38O6/c1-9-12-13-27-18(24)20(5,11-3)15-21(6,17(23)26-8)14-19(4,10-2)16(22)25-7/h9-15H2,1-8H3. The van der Waals surface area contributed by atoms with Crippen molar-refractivity contribution in [1.82, 2.24) is 0 Å². The highest BCUT2D eigenvalue weighted by Gasteiger charge is 2.50. The van der Waals surface area contributed by atoms with Crippen LogP contribution in [0.25, 0.3) is 0 Å². The van der Waals surface area contributed by atoms with E-state index >= 15 is 0 Å². The molecule has 0 radical (unpaired) electrons. The third kappa shape index (κ3) is 6.51. The van der Waals surface area contributed by atoms with Crippen LogP contribution in [0.2, 0.25) is 0 Å². The highest BCUT2D eigenvalue weighted by atomic mass is 16.5. The molecule has 0 saturated carbocycles. The van der Waals surface area contributed by atoms with Crippen molar-refractivity contribution < 1.29 is 28.6 Å². The van der Waals surface area contributed by atoms with Crippen molar-refractivity contribution in [2.75, 3.05) is 20.8 Å². The first-order chi connectivity index (χ1) is 12.5. The molecule has 0 aliphatic carbocycles. The van der Waals surface area contributed by atoms with Gasteiger partial charge < -0.3 is 14.2 Å². The molecular formula is C21H38O6. The Labute approximate surface area is 164 Å². The van der Waals surface area contributed by atoms with E-state index in [1.54, 1.807) is 13.8 Å². The molecule has 0 aromatic heterocycles. The van der Waals surface area contributed by atoms with Gasteiger partial charge in [-0.25, -0.2) is 0 Å². The molecule has 0 aliphatic heterocycles. The molecular weight excluding hydrogens is 348 g/mol. The van der Waals surface area contributed by atoms with Gasteiger partial charge in [0.25, 0.3) is 0 Å². The lowest BCUT2D eigenvalue weighted by Gasteiger charge is -2.40. The number of hydrogen-bond acceptors (Lipinski definition) is 6. The zero-order valence-corrected chi connectivity index (χ0v) is 18.4. The second-order valence-corrected chi connectivity index (χ2v) is 8.22. The normalized spacial score (nSPS) is 17.8. The van der Waals surface area contributed by atoms with E-state index in [1.165, 1.54) is 14.2 Å². The molecule has 0 aliphatic rings. The third-order valence-electron chi connectivity index (χ3n) is 5.70. The zero-order chi connectivity index (χ0) is 21.3. The van der Waals surface area contributed by atoms with Crippen LogP contribution in [-0.2, 0) is 28.6 Å². The zero-order valence-electron chi connectivity index (χ0n) is 18.4. The van der Waals surface area contributed by atoms with Gasteiger partial charge in [-0.3, -0.25) is 14.4 Å². The number of esters is 3. The summed E-state index contributed by atoms with van der Waals surface area (Å²) in [5, 5.41) is 0. The predicted molar refractivity (Wildman–Crippen MR) is 104 cm³/mol. The highest BCUT2D eigenvalue weighted by Crippen LogP contribution is 2.46. The quantitative estimate of drug-likeness (QED) is 0.283. The minimum Gasteiger partial charge on any atom is -0.469 e. The summed E-state index contributed by atoms with van der Waals surface area (Å²) < 4.78 is 15.4. The number of unbranched alkanes of at least 4 members (excludes halogenated alkanes) is 1. The fourth-order valence-corrected chi connectivity index (χ4v) is 3.59. The lowest BCUT2D eigenvalue weighted by Crippen LogP contribution is -2.44. The molecule has 0 amide bonds. The van der Waals surface area contributed by atoms with E-state index in [-0.39, 0.29) is 24.8 Å². The average Bonchev–Trinajstić information content (AvgIpc) is 2.65. The van der Waals surface area contributed by atoms with Crippen molar-refractivity contribution in [2.45, 2.75) is 80.1 Å². The molecule has 0 fully saturated rings. The minimum atomic E-state index is -1.03. The van der Waals surface area contributed by atoms with Gasteiger partial charge in [0, 0.05) is 0 Å². The van der Waals surface area contributed by atoms with Crippen LogP contribution < -0.4 is 0 Å². The maximum atomic E-state index is 12.7.